The van der Waals surface area contributed by atoms with Gasteiger partial charge in [-0.05, 0) is 32.0 Å². The number of aryl methyl sites for hydroxylation is 1. The molecule has 3 rings (SSSR count). The second-order valence-corrected chi connectivity index (χ2v) is 7.29. The third-order valence-corrected chi connectivity index (χ3v) is 5.48. The van der Waals surface area contributed by atoms with Crippen LogP contribution < -0.4 is 0 Å². The average Bonchev–Trinajstić information content (AvgIpc) is 3.12. The standard InChI is InChI=1S/C17H13Cl2N3O2S/c1-9(7-20)24-17(23)15-6-11-10(2)21-22(16(11)25-15)8-12-13(18)4-3-5-14(12)19/h3-6,9H,8H2,1-2H3/t9-/m1/s1. The first kappa shape index (κ1) is 17.7. The van der Waals surface area contributed by atoms with E-state index < -0.39 is 12.1 Å². The van der Waals surface area contributed by atoms with Crippen molar-refractivity contribution in [3.63, 3.8) is 0 Å². The molecule has 5 nitrogen and oxygen atoms in total. The zero-order valence-electron chi connectivity index (χ0n) is 13.4. The molecule has 0 spiro atoms. The Bertz CT molecular complexity index is 983. The Morgan fingerprint density at radius 1 is 1.44 bits per heavy atom. The lowest BCUT2D eigenvalue weighted by atomic mass is 10.2. The number of fused-ring (bicyclic) bond motifs is 1. The molecule has 3 aromatic rings. The normalized spacial score (nSPS) is 12.1. The predicted octanol–water partition coefficient (Wildman–Crippen LogP) is 4.83. The highest BCUT2D eigenvalue weighted by Gasteiger charge is 2.19. The molecule has 0 saturated carbocycles. The largest absolute Gasteiger partial charge is 0.443 e. The smallest absolute Gasteiger partial charge is 0.349 e. The lowest BCUT2D eigenvalue weighted by molar-refractivity contribution is 0.0441. The number of halogens is 2. The zero-order chi connectivity index (χ0) is 18.1. The molecule has 25 heavy (non-hydrogen) atoms. The second kappa shape index (κ2) is 7.04. The van der Waals surface area contributed by atoms with Crippen LogP contribution in [0.3, 0.4) is 0 Å². The molecule has 8 heteroatoms. The van der Waals surface area contributed by atoms with Crippen LogP contribution in [-0.2, 0) is 11.3 Å². The maximum Gasteiger partial charge on any atom is 0.349 e. The topological polar surface area (TPSA) is 67.9 Å². The number of esters is 1. The van der Waals surface area contributed by atoms with Gasteiger partial charge < -0.3 is 4.74 Å². The number of carbonyl (C=O) groups is 1. The minimum Gasteiger partial charge on any atom is -0.443 e. The molecule has 0 N–H and O–H groups in total. The van der Waals surface area contributed by atoms with Gasteiger partial charge in [-0.15, -0.1) is 11.3 Å². The summed E-state index contributed by atoms with van der Waals surface area (Å²) in [7, 11) is 0. The second-order valence-electron chi connectivity index (χ2n) is 5.45. The molecule has 0 unspecified atom stereocenters. The first-order chi connectivity index (χ1) is 11.9. The molecule has 0 fully saturated rings. The summed E-state index contributed by atoms with van der Waals surface area (Å²) in [4.78, 5) is 13.4. The van der Waals surface area contributed by atoms with Crippen LogP contribution in [0.4, 0.5) is 0 Å². The van der Waals surface area contributed by atoms with E-state index in [1.807, 2.05) is 13.0 Å². The maximum atomic E-state index is 12.1. The van der Waals surface area contributed by atoms with Gasteiger partial charge in [0.25, 0.3) is 0 Å². The van der Waals surface area contributed by atoms with E-state index in [1.165, 1.54) is 18.3 Å². The van der Waals surface area contributed by atoms with Crippen molar-refractivity contribution in [2.45, 2.75) is 26.5 Å². The number of nitrogens with zero attached hydrogens (tertiary/aromatic N) is 3. The average molecular weight is 394 g/mol. The van der Waals surface area contributed by atoms with Crippen molar-refractivity contribution in [2.24, 2.45) is 0 Å². The summed E-state index contributed by atoms with van der Waals surface area (Å²) < 4.78 is 6.83. The number of aromatic nitrogens is 2. The summed E-state index contributed by atoms with van der Waals surface area (Å²) >= 11 is 13.7. The van der Waals surface area contributed by atoms with Gasteiger partial charge in [0.15, 0.2) is 6.10 Å². The molecule has 0 aliphatic rings. The Kier molecular flexibility index (Phi) is 5.00. The molecule has 0 saturated heterocycles. The van der Waals surface area contributed by atoms with Crippen molar-refractivity contribution in [3.05, 3.63) is 50.4 Å². The lowest BCUT2D eigenvalue weighted by Gasteiger charge is -2.07. The molecule has 2 heterocycles. The van der Waals surface area contributed by atoms with Gasteiger partial charge in [0.2, 0.25) is 0 Å². The van der Waals surface area contributed by atoms with Crippen molar-refractivity contribution in [1.82, 2.24) is 9.78 Å². The van der Waals surface area contributed by atoms with Gasteiger partial charge in [0, 0.05) is 21.0 Å². The highest BCUT2D eigenvalue weighted by Crippen LogP contribution is 2.31. The van der Waals surface area contributed by atoms with Gasteiger partial charge in [-0.3, -0.25) is 0 Å². The molecule has 0 aliphatic carbocycles. The highest BCUT2D eigenvalue weighted by atomic mass is 35.5. The van der Waals surface area contributed by atoms with Gasteiger partial charge in [0.05, 0.1) is 12.2 Å². The SMILES string of the molecule is Cc1nn(Cc2c(Cl)cccc2Cl)c2sc(C(=O)O[C@H](C)C#N)cc12. The van der Waals surface area contributed by atoms with E-state index in [9.17, 15) is 4.79 Å². The fourth-order valence-corrected chi connectivity index (χ4v) is 3.96. The summed E-state index contributed by atoms with van der Waals surface area (Å²) in [5.41, 5.74) is 1.56. The molecular formula is C17H13Cl2N3O2S. The van der Waals surface area contributed by atoms with E-state index in [4.69, 9.17) is 33.2 Å². The Hall–Kier alpha value is -2.07. The van der Waals surface area contributed by atoms with Crippen molar-refractivity contribution in [2.75, 3.05) is 0 Å². The minimum atomic E-state index is -0.794. The number of nitriles is 1. The number of rotatable bonds is 4. The van der Waals surface area contributed by atoms with E-state index in [2.05, 4.69) is 5.10 Å². The summed E-state index contributed by atoms with van der Waals surface area (Å²) in [6, 6.07) is 8.95. The van der Waals surface area contributed by atoms with Crippen LogP contribution in [0, 0.1) is 18.3 Å². The highest BCUT2D eigenvalue weighted by molar-refractivity contribution is 7.20. The Morgan fingerprint density at radius 2 is 2.12 bits per heavy atom. The first-order valence-corrected chi connectivity index (χ1v) is 8.98. The summed E-state index contributed by atoms with van der Waals surface area (Å²) in [5, 5.41) is 15.3. The fourth-order valence-electron chi connectivity index (χ4n) is 2.40. The zero-order valence-corrected chi connectivity index (χ0v) is 15.7. The molecular weight excluding hydrogens is 381 g/mol. The van der Waals surface area contributed by atoms with Crippen LogP contribution in [-0.4, -0.2) is 21.9 Å². The third kappa shape index (κ3) is 3.49. The van der Waals surface area contributed by atoms with Crippen LogP contribution in [0.15, 0.2) is 24.3 Å². The van der Waals surface area contributed by atoms with Gasteiger partial charge in [-0.25, -0.2) is 9.48 Å². The fraction of sp³-hybridized carbons (Fsp3) is 0.235. The van der Waals surface area contributed by atoms with Crippen LogP contribution >= 0.6 is 34.5 Å². The molecule has 0 bridgehead atoms. The van der Waals surface area contributed by atoms with Crippen LogP contribution in [0.1, 0.15) is 27.9 Å². The van der Waals surface area contributed by atoms with Gasteiger partial charge in [-0.2, -0.15) is 10.4 Å². The molecule has 0 amide bonds. The van der Waals surface area contributed by atoms with E-state index in [0.717, 1.165) is 21.5 Å². The number of thiophene rings is 1. The molecule has 0 radical (unpaired) electrons. The number of hydrogen-bond acceptors (Lipinski definition) is 5. The molecule has 2 aromatic heterocycles. The lowest BCUT2D eigenvalue weighted by Crippen LogP contribution is -2.11. The van der Waals surface area contributed by atoms with Gasteiger partial charge >= 0.3 is 5.97 Å². The minimum absolute atomic E-state index is 0.395. The van der Waals surface area contributed by atoms with Crippen molar-refractivity contribution in [3.8, 4) is 6.07 Å². The van der Waals surface area contributed by atoms with Crippen LogP contribution in [0.5, 0.6) is 0 Å². The molecule has 0 aliphatic heterocycles. The summed E-state index contributed by atoms with van der Waals surface area (Å²) in [6.07, 6.45) is -0.794. The first-order valence-electron chi connectivity index (χ1n) is 7.41. The number of ether oxygens (including phenoxy) is 1. The van der Waals surface area contributed by atoms with E-state index in [-0.39, 0.29) is 0 Å². The number of hydrogen-bond donors (Lipinski definition) is 0. The molecule has 1 atom stereocenters. The summed E-state index contributed by atoms with van der Waals surface area (Å²) in [5.74, 6) is -0.517. The molecule has 128 valence electrons. The Morgan fingerprint density at radius 3 is 2.76 bits per heavy atom. The van der Waals surface area contributed by atoms with Gasteiger partial charge in [0.1, 0.15) is 15.8 Å². The Balaban J connectivity index is 1.98. The monoisotopic (exact) mass is 393 g/mol. The molecule has 1 aromatic carbocycles. The third-order valence-electron chi connectivity index (χ3n) is 3.64. The van der Waals surface area contributed by atoms with E-state index in [1.54, 1.807) is 28.9 Å². The van der Waals surface area contributed by atoms with Crippen molar-refractivity contribution < 1.29 is 9.53 Å². The predicted molar refractivity (Wildman–Crippen MR) is 98.4 cm³/mol. The summed E-state index contributed by atoms with van der Waals surface area (Å²) in [6.45, 7) is 3.79. The number of benzene rings is 1. The quantitative estimate of drug-likeness (QED) is 0.595. The van der Waals surface area contributed by atoms with E-state index >= 15 is 0 Å². The van der Waals surface area contributed by atoms with Gasteiger partial charge in [-0.1, -0.05) is 29.3 Å². The van der Waals surface area contributed by atoms with Crippen LogP contribution in [0.2, 0.25) is 10.0 Å². The van der Waals surface area contributed by atoms with Crippen LogP contribution in [0.25, 0.3) is 10.2 Å². The maximum absolute atomic E-state index is 12.1. The van der Waals surface area contributed by atoms with Crippen molar-refractivity contribution in [1.29, 1.82) is 5.26 Å². The van der Waals surface area contributed by atoms with E-state index in [0.29, 0.717) is 21.5 Å². The Labute approximate surface area is 158 Å². The number of carbonyl (C=O) groups excluding carboxylic acids is 1. The van der Waals surface area contributed by atoms with Crippen molar-refractivity contribution >= 4 is 50.7 Å².